The molecule has 5 nitrogen and oxygen atoms in total. The number of aromatic nitrogens is 1. The van der Waals surface area contributed by atoms with Crippen LogP contribution < -0.4 is 5.73 Å². The van der Waals surface area contributed by atoms with Gasteiger partial charge in [0.25, 0.3) is 5.91 Å². The normalized spacial score (nSPS) is 16.3. The number of primary amides is 1. The maximum atomic E-state index is 13.0. The number of pyridine rings is 1. The molecule has 2 heterocycles. The number of nitrogens with two attached hydrogens (primary N) is 1. The Morgan fingerprint density at radius 3 is 2.42 bits per heavy atom. The number of carbonyl (C=O) groups excluding carboxylic acids is 2. The standard InChI is InChI=1S/C20H22FN3O2/c1-20(19(22)26)6-8-24(9-7-20)18(25)16-11-15(12-23-13-16)10-14-2-4-17(21)5-3-14/h2-5,11-13H,6-10H2,1H3,(H2,22,26). The Morgan fingerprint density at radius 2 is 1.81 bits per heavy atom. The molecule has 136 valence electrons. The fourth-order valence-electron chi connectivity index (χ4n) is 3.17. The van der Waals surface area contributed by atoms with Crippen molar-refractivity contribution in [3.8, 4) is 0 Å². The van der Waals surface area contributed by atoms with Crippen LogP contribution in [0.15, 0.2) is 42.7 Å². The van der Waals surface area contributed by atoms with E-state index in [9.17, 15) is 14.0 Å². The van der Waals surface area contributed by atoms with E-state index in [0.29, 0.717) is 37.9 Å². The minimum Gasteiger partial charge on any atom is -0.369 e. The van der Waals surface area contributed by atoms with Crippen LogP contribution >= 0.6 is 0 Å². The molecule has 0 bridgehead atoms. The van der Waals surface area contributed by atoms with Gasteiger partial charge in [0, 0.05) is 30.9 Å². The third kappa shape index (κ3) is 3.90. The first-order valence-electron chi connectivity index (χ1n) is 8.65. The first kappa shape index (κ1) is 18.0. The number of piperidine rings is 1. The lowest BCUT2D eigenvalue weighted by atomic mass is 9.79. The van der Waals surface area contributed by atoms with E-state index in [-0.39, 0.29) is 17.6 Å². The van der Waals surface area contributed by atoms with E-state index in [0.717, 1.165) is 11.1 Å². The van der Waals surface area contributed by atoms with Gasteiger partial charge in [0.15, 0.2) is 0 Å². The average molecular weight is 355 g/mol. The summed E-state index contributed by atoms with van der Waals surface area (Å²) in [5, 5.41) is 0. The van der Waals surface area contributed by atoms with Gasteiger partial charge >= 0.3 is 0 Å². The fraction of sp³-hybridized carbons (Fsp3) is 0.350. The molecule has 1 fully saturated rings. The van der Waals surface area contributed by atoms with Crippen molar-refractivity contribution in [1.82, 2.24) is 9.88 Å². The molecule has 0 atom stereocenters. The van der Waals surface area contributed by atoms with Gasteiger partial charge in [-0.1, -0.05) is 19.1 Å². The smallest absolute Gasteiger partial charge is 0.255 e. The largest absolute Gasteiger partial charge is 0.369 e. The van der Waals surface area contributed by atoms with Crippen molar-refractivity contribution in [2.24, 2.45) is 11.1 Å². The minimum atomic E-state index is -0.542. The zero-order chi connectivity index (χ0) is 18.7. The highest BCUT2D eigenvalue weighted by Crippen LogP contribution is 2.31. The predicted molar refractivity (Wildman–Crippen MR) is 95.9 cm³/mol. The summed E-state index contributed by atoms with van der Waals surface area (Å²) in [5.41, 5.74) is 7.28. The monoisotopic (exact) mass is 355 g/mol. The van der Waals surface area contributed by atoms with E-state index in [2.05, 4.69) is 4.98 Å². The summed E-state index contributed by atoms with van der Waals surface area (Å²) >= 11 is 0. The van der Waals surface area contributed by atoms with E-state index in [4.69, 9.17) is 5.73 Å². The van der Waals surface area contributed by atoms with Crippen LogP contribution in [-0.2, 0) is 11.2 Å². The summed E-state index contributed by atoms with van der Waals surface area (Å²) in [6.45, 7) is 2.85. The van der Waals surface area contributed by atoms with Crippen molar-refractivity contribution in [2.75, 3.05) is 13.1 Å². The molecule has 2 amide bonds. The Morgan fingerprint density at radius 1 is 1.15 bits per heavy atom. The molecule has 1 aliphatic heterocycles. The number of halogens is 1. The third-order valence-electron chi connectivity index (χ3n) is 5.11. The van der Waals surface area contributed by atoms with Crippen molar-refractivity contribution in [3.05, 3.63) is 65.2 Å². The molecular weight excluding hydrogens is 333 g/mol. The molecule has 0 aliphatic carbocycles. The maximum Gasteiger partial charge on any atom is 0.255 e. The Kier molecular flexibility index (Phi) is 5.02. The number of amides is 2. The lowest BCUT2D eigenvalue weighted by Crippen LogP contribution is -2.47. The molecule has 6 heteroatoms. The molecule has 1 saturated heterocycles. The van der Waals surface area contributed by atoms with E-state index in [1.165, 1.54) is 12.1 Å². The molecule has 3 rings (SSSR count). The number of nitrogens with zero attached hydrogens (tertiary/aromatic N) is 2. The lowest BCUT2D eigenvalue weighted by molar-refractivity contribution is -0.129. The first-order valence-corrected chi connectivity index (χ1v) is 8.65. The molecular formula is C20H22FN3O2. The van der Waals surface area contributed by atoms with Crippen LogP contribution in [-0.4, -0.2) is 34.8 Å². The van der Waals surface area contributed by atoms with Gasteiger partial charge in [-0.05, 0) is 48.6 Å². The van der Waals surface area contributed by atoms with Crippen LogP contribution in [0.4, 0.5) is 4.39 Å². The van der Waals surface area contributed by atoms with Crippen LogP contribution in [0.25, 0.3) is 0 Å². The highest BCUT2D eigenvalue weighted by molar-refractivity contribution is 5.94. The topological polar surface area (TPSA) is 76.3 Å². The van der Waals surface area contributed by atoms with Gasteiger partial charge in [-0.2, -0.15) is 0 Å². The summed E-state index contributed by atoms with van der Waals surface area (Å²) < 4.78 is 13.0. The Balaban J connectivity index is 1.69. The second-order valence-electron chi connectivity index (χ2n) is 7.10. The molecule has 0 unspecified atom stereocenters. The summed E-state index contributed by atoms with van der Waals surface area (Å²) in [6, 6.07) is 8.10. The SMILES string of the molecule is CC1(C(N)=O)CCN(C(=O)c2cncc(Cc3ccc(F)cc3)c2)CC1. The fourth-order valence-corrected chi connectivity index (χ4v) is 3.17. The molecule has 2 N–H and O–H groups in total. The predicted octanol–water partition coefficient (Wildman–Crippen LogP) is 2.54. The quantitative estimate of drug-likeness (QED) is 0.916. The molecule has 1 aromatic carbocycles. The third-order valence-corrected chi connectivity index (χ3v) is 5.11. The van der Waals surface area contributed by atoms with Gasteiger partial charge < -0.3 is 10.6 Å². The molecule has 0 saturated carbocycles. The number of hydrogen-bond donors (Lipinski definition) is 1. The summed E-state index contributed by atoms with van der Waals surface area (Å²) in [4.78, 5) is 30.2. The molecule has 0 spiro atoms. The first-order chi connectivity index (χ1) is 12.4. The zero-order valence-electron chi connectivity index (χ0n) is 14.7. The minimum absolute atomic E-state index is 0.0926. The zero-order valence-corrected chi connectivity index (χ0v) is 14.7. The van der Waals surface area contributed by atoms with Gasteiger partial charge in [0.2, 0.25) is 5.91 Å². The van der Waals surface area contributed by atoms with Crippen LogP contribution in [0.1, 0.15) is 41.3 Å². The Hall–Kier alpha value is -2.76. The van der Waals surface area contributed by atoms with Crippen LogP contribution in [0.2, 0.25) is 0 Å². The van der Waals surface area contributed by atoms with Crippen molar-refractivity contribution in [2.45, 2.75) is 26.2 Å². The maximum absolute atomic E-state index is 13.0. The number of rotatable bonds is 4. The van der Waals surface area contributed by atoms with Gasteiger partial charge in [-0.3, -0.25) is 14.6 Å². The van der Waals surface area contributed by atoms with E-state index >= 15 is 0 Å². The summed E-state index contributed by atoms with van der Waals surface area (Å²) in [5.74, 6) is -0.679. The number of likely N-dealkylation sites (tertiary alicyclic amines) is 1. The second kappa shape index (κ2) is 7.23. The molecule has 1 aliphatic rings. The summed E-state index contributed by atoms with van der Waals surface area (Å²) in [6.07, 6.45) is 4.97. The van der Waals surface area contributed by atoms with Crippen molar-refractivity contribution < 1.29 is 14.0 Å². The highest BCUT2D eigenvalue weighted by atomic mass is 19.1. The number of benzene rings is 1. The Labute approximate surface area is 152 Å². The van der Waals surface area contributed by atoms with Crippen molar-refractivity contribution in [3.63, 3.8) is 0 Å². The Bertz CT molecular complexity index is 812. The van der Waals surface area contributed by atoms with E-state index in [1.54, 1.807) is 29.4 Å². The lowest BCUT2D eigenvalue weighted by Gasteiger charge is -2.37. The van der Waals surface area contributed by atoms with Crippen molar-refractivity contribution >= 4 is 11.8 Å². The highest BCUT2D eigenvalue weighted by Gasteiger charge is 2.36. The van der Waals surface area contributed by atoms with E-state index < -0.39 is 5.41 Å². The van der Waals surface area contributed by atoms with E-state index in [1.807, 2.05) is 13.0 Å². The van der Waals surface area contributed by atoms with Crippen LogP contribution in [0, 0.1) is 11.2 Å². The molecule has 2 aromatic rings. The summed E-state index contributed by atoms with van der Waals surface area (Å²) in [7, 11) is 0. The number of hydrogen-bond acceptors (Lipinski definition) is 3. The molecule has 26 heavy (non-hydrogen) atoms. The van der Waals surface area contributed by atoms with Gasteiger partial charge in [0.1, 0.15) is 5.82 Å². The van der Waals surface area contributed by atoms with Crippen LogP contribution in [0.5, 0.6) is 0 Å². The number of carbonyl (C=O) groups is 2. The second-order valence-corrected chi connectivity index (χ2v) is 7.10. The molecule has 1 aromatic heterocycles. The molecule has 0 radical (unpaired) electrons. The average Bonchev–Trinajstić information content (AvgIpc) is 2.64. The van der Waals surface area contributed by atoms with Crippen LogP contribution in [0.3, 0.4) is 0 Å². The van der Waals surface area contributed by atoms with Gasteiger partial charge in [-0.15, -0.1) is 0 Å². The van der Waals surface area contributed by atoms with Gasteiger partial charge in [-0.25, -0.2) is 4.39 Å². The van der Waals surface area contributed by atoms with Crippen molar-refractivity contribution in [1.29, 1.82) is 0 Å². The van der Waals surface area contributed by atoms with Gasteiger partial charge in [0.05, 0.1) is 5.56 Å².